The Hall–Kier alpha value is -1.74. The van der Waals surface area contributed by atoms with Crippen molar-refractivity contribution in [3.05, 3.63) is 58.7 Å². The van der Waals surface area contributed by atoms with Crippen LogP contribution in [0.2, 0.25) is 0 Å². The van der Waals surface area contributed by atoms with Gasteiger partial charge in [-0.25, -0.2) is 0 Å². The molecule has 0 N–H and O–H groups in total. The Labute approximate surface area is 149 Å². The first-order chi connectivity index (χ1) is 11.3. The number of hydrogen-bond donors (Lipinski definition) is 1. The Kier molecular flexibility index (Phi) is 3.37. The van der Waals surface area contributed by atoms with Crippen LogP contribution < -0.4 is 4.74 Å². The third kappa shape index (κ3) is 2.55. The Balaban J connectivity index is 1.99. The van der Waals surface area contributed by atoms with E-state index in [4.69, 9.17) is 22.4 Å². The number of thiol groups is 1. The average Bonchev–Trinajstić information content (AvgIpc) is 2.82. The zero-order valence-corrected chi connectivity index (χ0v) is 15.6. The molecule has 2 aromatic carbocycles. The van der Waals surface area contributed by atoms with Crippen molar-refractivity contribution in [3.63, 3.8) is 0 Å². The Morgan fingerprint density at radius 3 is 2.46 bits per heavy atom. The second kappa shape index (κ2) is 5.13. The van der Waals surface area contributed by atoms with Gasteiger partial charge in [0.25, 0.3) is 0 Å². The molecule has 0 amide bonds. The van der Waals surface area contributed by atoms with Crippen LogP contribution in [0.4, 0.5) is 0 Å². The molecule has 124 valence electrons. The van der Waals surface area contributed by atoms with E-state index < -0.39 is 0 Å². The van der Waals surface area contributed by atoms with Crippen molar-refractivity contribution in [3.8, 4) is 5.75 Å². The normalized spacial score (nSPS) is 20.0. The van der Waals surface area contributed by atoms with E-state index in [9.17, 15) is 0 Å². The van der Waals surface area contributed by atoms with Crippen LogP contribution >= 0.6 is 12.6 Å². The van der Waals surface area contributed by atoms with E-state index in [1.165, 1.54) is 22.3 Å². The lowest BCUT2D eigenvalue weighted by Crippen LogP contribution is -2.30. The van der Waals surface area contributed by atoms with Gasteiger partial charge in [0.1, 0.15) is 11.4 Å². The van der Waals surface area contributed by atoms with Crippen molar-refractivity contribution >= 4 is 18.3 Å². The van der Waals surface area contributed by atoms with E-state index in [2.05, 4.69) is 58.0 Å². The maximum Gasteiger partial charge on any atom is 0.137 e. The van der Waals surface area contributed by atoms with Gasteiger partial charge in [-0.15, -0.1) is 12.6 Å². The monoisotopic (exact) mass is 337 g/mol. The number of aliphatic imine (C=N–C) groups is 1. The third-order valence-corrected chi connectivity index (χ3v) is 5.08. The van der Waals surface area contributed by atoms with Gasteiger partial charge in [-0.3, -0.25) is 4.99 Å². The summed E-state index contributed by atoms with van der Waals surface area (Å²) in [6, 6.07) is 12.7. The molecule has 0 aromatic heterocycles. The lowest BCUT2D eigenvalue weighted by molar-refractivity contribution is 0.135. The molecule has 2 nitrogen and oxygen atoms in total. The molecule has 0 unspecified atom stereocenters. The van der Waals surface area contributed by atoms with Gasteiger partial charge in [0, 0.05) is 28.0 Å². The molecule has 0 aliphatic carbocycles. The molecular weight excluding hydrogens is 314 g/mol. The molecular formula is C21H23NOS. The predicted molar refractivity (Wildman–Crippen MR) is 102 cm³/mol. The molecule has 0 atom stereocenters. The second-order valence-electron chi connectivity index (χ2n) is 8.09. The number of rotatable bonds is 1. The summed E-state index contributed by atoms with van der Waals surface area (Å²) in [5, 5.41) is 0. The van der Waals surface area contributed by atoms with Gasteiger partial charge in [0.2, 0.25) is 0 Å². The summed E-state index contributed by atoms with van der Waals surface area (Å²) >= 11 is 4.71. The Bertz CT molecular complexity index is 850. The summed E-state index contributed by atoms with van der Waals surface area (Å²) in [5.41, 5.74) is 5.82. The van der Waals surface area contributed by atoms with E-state index in [-0.39, 0.29) is 11.1 Å². The fourth-order valence-corrected chi connectivity index (χ4v) is 4.23. The highest BCUT2D eigenvalue weighted by molar-refractivity contribution is 7.80. The van der Waals surface area contributed by atoms with Crippen LogP contribution in [0.15, 0.2) is 46.3 Å². The zero-order valence-electron chi connectivity index (χ0n) is 14.7. The van der Waals surface area contributed by atoms with Crippen molar-refractivity contribution in [1.29, 1.82) is 0 Å². The molecule has 2 aliphatic heterocycles. The van der Waals surface area contributed by atoms with Crippen molar-refractivity contribution in [2.75, 3.05) is 0 Å². The largest absolute Gasteiger partial charge is 0.486 e. The minimum atomic E-state index is -0.191. The van der Waals surface area contributed by atoms with Crippen LogP contribution in [0, 0.1) is 0 Å². The van der Waals surface area contributed by atoms with Gasteiger partial charge in [0.15, 0.2) is 0 Å². The lowest BCUT2D eigenvalue weighted by atomic mass is 9.81. The minimum absolute atomic E-state index is 0.110. The first-order valence-corrected chi connectivity index (χ1v) is 8.93. The quantitative estimate of drug-likeness (QED) is 0.737. The second-order valence-corrected chi connectivity index (χ2v) is 8.57. The molecule has 0 bridgehead atoms. The maximum atomic E-state index is 6.20. The van der Waals surface area contributed by atoms with E-state index in [1.54, 1.807) is 0 Å². The number of benzene rings is 2. The first-order valence-electron chi connectivity index (χ1n) is 8.48. The number of ether oxygens (including phenoxy) is 1. The highest BCUT2D eigenvalue weighted by atomic mass is 32.1. The number of hydrogen-bond acceptors (Lipinski definition) is 3. The van der Waals surface area contributed by atoms with E-state index >= 15 is 0 Å². The topological polar surface area (TPSA) is 21.6 Å². The van der Waals surface area contributed by atoms with E-state index in [0.717, 1.165) is 29.2 Å². The Morgan fingerprint density at radius 2 is 1.75 bits per heavy atom. The molecule has 2 heterocycles. The van der Waals surface area contributed by atoms with Crippen molar-refractivity contribution in [2.24, 2.45) is 4.99 Å². The van der Waals surface area contributed by atoms with Gasteiger partial charge in [-0.2, -0.15) is 0 Å². The van der Waals surface area contributed by atoms with Crippen LogP contribution in [0.25, 0.3) is 0 Å². The lowest BCUT2D eigenvalue weighted by Gasteiger charge is -2.31. The SMILES string of the molecule is CC1(C)Cc2cc(S)c3c(c2C(c2ccccc2)=N1)CC(C)(C)O3. The summed E-state index contributed by atoms with van der Waals surface area (Å²) in [7, 11) is 0. The predicted octanol–water partition coefficient (Wildman–Crippen LogP) is 4.86. The molecule has 4 rings (SSSR count). The molecule has 0 fully saturated rings. The molecule has 2 aromatic rings. The maximum absolute atomic E-state index is 6.20. The first kappa shape index (κ1) is 15.8. The minimum Gasteiger partial charge on any atom is -0.486 e. The van der Waals surface area contributed by atoms with Crippen LogP contribution in [0.1, 0.15) is 49.9 Å². The zero-order chi connectivity index (χ0) is 17.1. The molecule has 3 heteroatoms. The van der Waals surface area contributed by atoms with Gasteiger partial charge in [0.05, 0.1) is 11.3 Å². The summed E-state index contributed by atoms with van der Waals surface area (Å²) in [6.45, 7) is 8.67. The van der Waals surface area contributed by atoms with Crippen LogP contribution in [0.5, 0.6) is 5.75 Å². The summed E-state index contributed by atoms with van der Waals surface area (Å²) in [6.07, 6.45) is 1.82. The standard InChI is InChI=1S/C21H23NOS/c1-20(2)11-14-10-16(24)19-15(12-21(3,4)23-19)17(14)18(22-20)13-8-6-5-7-9-13/h5-10,24H,11-12H2,1-4H3. The number of nitrogens with zero attached hydrogens (tertiary/aromatic N) is 1. The summed E-state index contributed by atoms with van der Waals surface area (Å²) < 4.78 is 6.20. The van der Waals surface area contributed by atoms with Crippen molar-refractivity contribution in [2.45, 2.75) is 56.6 Å². The van der Waals surface area contributed by atoms with Crippen LogP contribution in [0.3, 0.4) is 0 Å². The average molecular weight is 337 g/mol. The Morgan fingerprint density at radius 1 is 1.04 bits per heavy atom. The van der Waals surface area contributed by atoms with Gasteiger partial charge in [-0.05, 0) is 45.7 Å². The fourth-order valence-electron chi connectivity index (χ4n) is 3.89. The smallest absolute Gasteiger partial charge is 0.137 e. The van der Waals surface area contributed by atoms with Crippen LogP contribution in [-0.2, 0) is 12.8 Å². The van der Waals surface area contributed by atoms with Gasteiger partial charge in [-0.1, -0.05) is 30.3 Å². The van der Waals surface area contributed by atoms with Crippen molar-refractivity contribution < 1.29 is 4.74 Å². The molecule has 0 saturated heterocycles. The highest BCUT2D eigenvalue weighted by Crippen LogP contribution is 2.45. The number of fused-ring (bicyclic) bond motifs is 3. The highest BCUT2D eigenvalue weighted by Gasteiger charge is 2.38. The fraction of sp³-hybridized carbons (Fsp3) is 0.381. The van der Waals surface area contributed by atoms with Gasteiger partial charge >= 0.3 is 0 Å². The molecule has 0 radical (unpaired) electrons. The summed E-state index contributed by atoms with van der Waals surface area (Å²) in [5.74, 6) is 0.936. The van der Waals surface area contributed by atoms with Gasteiger partial charge < -0.3 is 4.74 Å². The molecule has 0 saturated carbocycles. The van der Waals surface area contributed by atoms with E-state index in [1.807, 2.05) is 6.07 Å². The molecule has 0 spiro atoms. The summed E-state index contributed by atoms with van der Waals surface area (Å²) in [4.78, 5) is 6.06. The van der Waals surface area contributed by atoms with Crippen molar-refractivity contribution in [1.82, 2.24) is 0 Å². The van der Waals surface area contributed by atoms with Crippen LogP contribution in [-0.4, -0.2) is 16.9 Å². The molecule has 2 aliphatic rings. The molecule has 24 heavy (non-hydrogen) atoms. The third-order valence-electron chi connectivity index (χ3n) is 4.74. The van der Waals surface area contributed by atoms with E-state index in [0.29, 0.717) is 0 Å².